The molecule has 0 saturated carbocycles. The highest BCUT2D eigenvalue weighted by atomic mass is 35.5. The van der Waals surface area contributed by atoms with Gasteiger partial charge < -0.3 is 4.74 Å². The van der Waals surface area contributed by atoms with Crippen LogP contribution >= 0.6 is 23.2 Å². The van der Waals surface area contributed by atoms with E-state index < -0.39 is 0 Å². The van der Waals surface area contributed by atoms with Gasteiger partial charge in [0.15, 0.2) is 0 Å². The smallest absolute Gasteiger partial charge is 0.146 e. The number of fused-ring (bicyclic) bond motifs is 1. The van der Waals surface area contributed by atoms with Crippen LogP contribution in [0, 0.1) is 0 Å². The van der Waals surface area contributed by atoms with Gasteiger partial charge in [-0.15, -0.1) is 0 Å². The van der Waals surface area contributed by atoms with E-state index in [1.54, 1.807) is 19.5 Å². The summed E-state index contributed by atoms with van der Waals surface area (Å²) in [6, 6.07) is 26.6. The first-order valence-electron chi connectivity index (χ1n) is 10.6. The molecule has 2 aromatic heterocycles. The summed E-state index contributed by atoms with van der Waals surface area (Å²) >= 11 is 13.3. The van der Waals surface area contributed by atoms with Gasteiger partial charge in [-0.2, -0.15) is 0 Å². The number of hydrogen-bond acceptors (Lipinski definition) is 3. The average Bonchev–Trinajstić information content (AvgIpc) is 3.23. The topological polar surface area (TPSA) is 39.9 Å². The van der Waals surface area contributed by atoms with E-state index in [4.69, 9.17) is 32.9 Å². The van der Waals surface area contributed by atoms with Crippen molar-refractivity contribution in [2.45, 2.75) is 12.3 Å². The fourth-order valence-corrected chi connectivity index (χ4v) is 4.77. The van der Waals surface area contributed by atoms with Crippen molar-refractivity contribution in [2.75, 3.05) is 7.11 Å². The third-order valence-corrected chi connectivity index (χ3v) is 6.30. The van der Waals surface area contributed by atoms with Crippen LogP contribution in [0.15, 0.2) is 91.3 Å². The highest BCUT2D eigenvalue weighted by Gasteiger charge is 2.26. The van der Waals surface area contributed by atoms with E-state index in [1.807, 2.05) is 47.0 Å². The molecular weight excluding hydrogens is 453 g/mol. The number of para-hydroxylation sites is 1. The molecule has 0 aliphatic carbocycles. The second kappa shape index (κ2) is 9.26. The number of nitrogens with zero attached hydrogens (tertiary/aromatic N) is 3. The lowest BCUT2D eigenvalue weighted by Gasteiger charge is -2.20. The minimum absolute atomic E-state index is 0.0500. The molecule has 4 nitrogen and oxygen atoms in total. The SMILES string of the molecule is COc1cccc2c1nc(C(Cc1ccccc1)c1ccccc1)n2-c1c(Cl)cncc1Cl. The van der Waals surface area contributed by atoms with Gasteiger partial charge in [-0.05, 0) is 29.7 Å². The van der Waals surface area contributed by atoms with Crippen LogP contribution in [-0.2, 0) is 6.42 Å². The van der Waals surface area contributed by atoms with Gasteiger partial charge in [0.1, 0.15) is 17.1 Å². The standard InChI is InChI=1S/C27H21Cl2N3O/c1-33-24-14-8-13-23-25(24)31-27(32(23)26-21(28)16-30-17-22(26)29)20(19-11-6-3-7-12-19)15-18-9-4-2-5-10-18/h2-14,16-17,20H,15H2,1H3. The molecule has 0 spiro atoms. The molecule has 0 amide bonds. The zero-order valence-electron chi connectivity index (χ0n) is 18.0. The van der Waals surface area contributed by atoms with Gasteiger partial charge in [0.05, 0.1) is 28.4 Å². The Morgan fingerprint density at radius 2 is 1.52 bits per heavy atom. The Kier molecular flexibility index (Phi) is 6.03. The minimum Gasteiger partial charge on any atom is -0.494 e. The molecule has 0 N–H and O–H groups in total. The zero-order chi connectivity index (χ0) is 22.8. The van der Waals surface area contributed by atoms with E-state index in [0.717, 1.165) is 28.8 Å². The van der Waals surface area contributed by atoms with Crippen molar-refractivity contribution >= 4 is 34.2 Å². The summed E-state index contributed by atoms with van der Waals surface area (Å²) in [7, 11) is 1.65. The normalized spacial score (nSPS) is 12.1. The van der Waals surface area contributed by atoms with E-state index in [9.17, 15) is 0 Å². The molecule has 0 aliphatic rings. The van der Waals surface area contributed by atoms with Gasteiger partial charge in [-0.1, -0.05) is 89.9 Å². The molecule has 6 heteroatoms. The van der Waals surface area contributed by atoms with Crippen LogP contribution in [0.2, 0.25) is 10.0 Å². The summed E-state index contributed by atoms with van der Waals surface area (Å²) in [6.45, 7) is 0. The van der Waals surface area contributed by atoms with E-state index in [1.165, 1.54) is 5.56 Å². The maximum absolute atomic E-state index is 6.65. The molecule has 0 saturated heterocycles. The second-order valence-corrected chi connectivity index (χ2v) is 8.55. The molecule has 0 fully saturated rings. The Balaban J connectivity index is 1.83. The predicted octanol–water partition coefficient (Wildman–Crippen LogP) is 7.11. The van der Waals surface area contributed by atoms with Crippen molar-refractivity contribution in [2.24, 2.45) is 0 Å². The Hall–Kier alpha value is -3.34. The zero-order valence-corrected chi connectivity index (χ0v) is 19.5. The first-order valence-corrected chi connectivity index (χ1v) is 11.4. The Morgan fingerprint density at radius 3 is 2.18 bits per heavy atom. The third-order valence-electron chi connectivity index (χ3n) is 5.74. The van der Waals surface area contributed by atoms with Crippen LogP contribution < -0.4 is 4.74 Å². The summed E-state index contributed by atoms with van der Waals surface area (Å²) in [4.78, 5) is 9.26. The molecule has 5 aromatic rings. The fourth-order valence-electron chi connectivity index (χ4n) is 4.24. The van der Waals surface area contributed by atoms with E-state index in [0.29, 0.717) is 21.5 Å². The van der Waals surface area contributed by atoms with Crippen LogP contribution in [0.25, 0.3) is 16.7 Å². The van der Waals surface area contributed by atoms with E-state index in [-0.39, 0.29) is 5.92 Å². The number of benzene rings is 3. The van der Waals surface area contributed by atoms with Crippen LogP contribution in [0.1, 0.15) is 22.9 Å². The van der Waals surface area contributed by atoms with Crippen LogP contribution in [-0.4, -0.2) is 21.6 Å². The van der Waals surface area contributed by atoms with Gasteiger partial charge in [-0.3, -0.25) is 9.55 Å². The third kappa shape index (κ3) is 4.08. The minimum atomic E-state index is -0.0500. The molecule has 5 rings (SSSR count). The average molecular weight is 474 g/mol. The van der Waals surface area contributed by atoms with Gasteiger partial charge >= 0.3 is 0 Å². The number of halogens is 2. The molecule has 164 valence electrons. The molecule has 33 heavy (non-hydrogen) atoms. The van der Waals surface area contributed by atoms with Crippen molar-refractivity contribution < 1.29 is 4.74 Å². The van der Waals surface area contributed by atoms with Crippen LogP contribution in [0.4, 0.5) is 0 Å². The number of hydrogen-bond donors (Lipinski definition) is 0. The lowest BCUT2D eigenvalue weighted by atomic mass is 9.91. The predicted molar refractivity (Wildman–Crippen MR) is 134 cm³/mol. The molecule has 1 atom stereocenters. The summed E-state index contributed by atoms with van der Waals surface area (Å²) in [5.74, 6) is 1.48. The number of aromatic nitrogens is 3. The quantitative estimate of drug-likeness (QED) is 0.263. The maximum Gasteiger partial charge on any atom is 0.146 e. The largest absolute Gasteiger partial charge is 0.494 e. The number of ether oxygens (including phenoxy) is 1. The van der Waals surface area contributed by atoms with Crippen molar-refractivity contribution in [3.63, 3.8) is 0 Å². The number of imidazole rings is 1. The first-order chi connectivity index (χ1) is 16.2. The molecule has 0 bridgehead atoms. The maximum atomic E-state index is 6.65. The highest BCUT2D eigenvalue weighted by molar-refractivity contribution is 6.37. The Morgan fingerprint density at radius 1 is 0.848 bits per heavy atom. The first kappa shape index (κ1) is 21.5. The Labute approximate surface area is 202 Å². The summed E-state index contributed by atoms with van der Waals surface area (Å²) < 4.78 is 7.69. The number of pyridine rings is 1. The number of methoxy groups -OCH3 is 1. The van der Waals surface area contributed by atoms with Crippen molar-refractivity contribution in [1.82, 2.24) is 14.5 Å². The van der Waals surface area contributed by atoms with Gasteiger partial charge in [0, 0.05) is 18.3 Å². The summed E-state index contributed by atoms with van der Waals surface area (Å²) in [5.41, 5.74) is 4.65. The van der Waals surface area contributed by atoms with Crippen LogP contribution in [0.3, 0.4) is 0 Å². The Bertz CT molecular complexity index is 1380. The molecule has 1 unspecified atom stereocenters. The lowest BCUT2D eigenvalue weighted by molar-refractivity contribution is 0.419. The summed E-state index contributed by atoms with van der Waals surface area (Å²) in [5, 5.41) is 0.912. The van der Waals surface area contributed by atoms with Crippen molar-refractivity contribution in [3.8, 4) is 11.4 Å². The van der Waals surface area contributed by atoms with Gasteiger partial charge in [0.25, 0.3) is 0 Å². The second-order valence-electron chi connectivity index (χ2n) is 7.74. The van der Waals surface area contributed by atoms with Gasteiger partial charge in [-0.25, -0.2) is 4.98 Å². The monoisotopic (exact) mass is 473 g/mol. The van der Waals surface area contributed by atoms with Gasteiger partial charge in [0.2, 0.25) is 0 Å². The molecule has 0 radical (unpaired) electrons. The molecule has 3 aromatic carbocycles. The lowest BCUT2D eigenvalue weighted by Crippen LogP contribution is -2.13. The molecule has 2 heterocycles. The van der Waals surface area contributed by atoms with Crippen molar-refractivity contribution in [1.29, 1.82) is 0 Å². The molecular formula is C27H21Cl2N3O. The summed E-state index contributed by atoms with van der Waals surface area (Å²) in [6.07, 6.45) is 3.97. The number of rotatable bonds is 6. The molecule has 0 aliphatic heterocycles. The van der Waals surface area contributed by atoms with Crippen molar-refractivity contribution in [3.05, 3.63) is 118 Å². The fraction of sp³-hybridized carbons (Fsp3) is 0.111. The van der Waals surface area contributed by atoms with E-state index >= 15 is 0 Å². The van der Waals surface area contributed by atoms with E-state index in [2.05, 4.69) is 41.4 Å². The van der Waals surface area contributed by atoms with Crippen LogP contribution in [0.5, 0.6) is 5.75 Å². The highest BCUT2D eigenvalue weighted by Crippen LogP contribution is 2.39.